The molecule has 5 atom stereocenters. The quantitative estimate of drug-likeness (QED) is 0.421. The molecule has 162 valence electrons. The lowest BCUT2D eigenvalue weighted by atomic mass is 9.89. The minimum Gasteiger partial charge on any atom is -0.469 e. The molecule has 2 fully saturated rings. The molecule has 0 aromatic carbocycles. The van der Waals surface area contributed by atoms with E-state index in [2.05, 4.69) is 4.74 Å². The van der Waals surface area contributed by atoms with Crippen molar-refractivity contribution in [3.63, 3.8) is 0 Å². The van der Waals surface area contributed by atoms with E-state index < -0.39 is 0 Å². The average Bonchev–Trinajstić information content (AvgIpc) is 3.00. The molecule has 2 unspecified atom stereocenters. The number of methoxy groups -OCH3 is 1. The lowest BCUT2D eigenvalue weighted by Crippen LogP contribution is -2.33. The first-order chi connectivity index (χ1) is 13.5. The van der Waals surface area contributed by atoms with Gasteiger partial charge in [0.2, 0.25) is 0 Å². The first-order valence-electron chi connectivity index (χ1n) is 10.7. The van der Waals surface area contributed by atoms with Gasteiger partial charge in [-0.2, -0.15) is 0 Å². The van der Waals surface area contributed by atoms with Crippen LogP contribution >= 0.6 is 0 Å². The predicted octanol–water partition coefficient (Wildman–Crippen LogP) is 2.97. The van der Waals surface area contributed by atoms with Gasteiger partial charge in [0.25, 0.3) is 0 Å². The number of esters is 2. The van der Waals surface area contributed by atoms with Crippen LogP contribution in [0.25, 0.3) is 0 Å². The fourth-order valence-corrected chi connectivity index (χ4v) is 4.41. The lowest BCUT2D eigenvalue weighted by Gasteiger charge is -2.29. The Bertz CT molecular complexity index is 475. The van der Waals surface area contributed by atoms with E-state index >= 15 is 0 Å². The van der Waals surface area contributed by atoms with Crippen molar-refractivity contribution >= 4 is 11.9 Å². The molecule has 0 aromatic rings. The first kappa shape index (κ1) is 23.1. The number of rotatable bonds is 11. The zero-order valence-corrected chi connectivity index (χ0v) is 17.3. The molecule has 0 aromatic heterocycles. The SMILES string of the molecule is COC(=O)CCCCCCC1[C@@H](OC(C)=O)C[C@@H](OC2CCCCO2)[C@@H]1CO. The van der Waals surface area contributed by atoms with Gasteiger partial charge < -0.3 is 24.1 Å². The Kier molecular flexibility index (Phi) is 10.2. The minimum atomic E-state index is -0.292. The Balaban J connectivity index is 1.84. The average molecular weight is 401 g/mol. The van der Waals surface area contributed by atoms with Gasteiger partial charge in [-0.1, -0.05) is 19.3 Å². The predicted molar refractivity (Wildman–Crippen MR) is 102 cm³/mol. The third-order valence-corrected chi connectivity index (χ3v) is 5.86. The van der Waals surface area contributed by atoms with E-state index in [9.17, 15) is 14.7 Å². The summed E-state index contributed by atoms with van der Waals surface area (Å²) in [5.74, 6) is -0.427. The minimum absolute atomic E-state index is 0.0160. The normalized spacial score (nSPS) is 30.2. The fraction of sp³-hybridized carbons (Fsp3) is 0.905. The van der Waals surface area contributed by atoms with Crippen molar-refractivity contribution in [2.24, 2.45) is 11.8 Å². The fourth-order valence-electron chi connectivity index (χ4n) is 4.41. The second-order valence-electron chi connectivity index (χ2n) is 7.89. The molecule has 0 bridgehead atoms. The highest BCUT2D eigenvalue weighted by Crippen LogP contribution is 2.40. The summed E-state index contributed by atoms with van der Waals surface area (Å²) in [6, 6.07) is 0. The molecular formula is C21H36O7. The maximum Gasteiger partial charge on any atom is 0.305 e. The number of hydrogen-bond acceptors (Lipinski definition) is 7. The summed E-state index contributed by atoms with van der Waals surface area (Å²) in [6.07, 6.45) is 8.09. The summed E-state index contributed by atoms with van der Waals surface area (Å²) in [6.45, 7) is 2.15. The van der Waals surface area contributed by atoms with E-state index in [4.69, 9.17) is 14.2 Å². The monoisotopic (exact) mass is 400 g/mol. The second kappa shape index (κ2) is 12.4. The highest BCUT2D eigenvalue weighted by molar-refractivity contribution is 5.69. The van der Waals surface area contributed by atoms with E-state index in [0.717, 1.165) is 51.4 Å². The zero-order chi connectivity index (χ0) is 20.4. The number of carbonyl (C=O) groups excluding carboxylic acids is 2. The van der Waals surface area contributed by atoms with E-state index in [0.29, 0.717) is 19.4 Å². The third-order valence-electron chi connectivity index (χ3n) is 5.86. The van der Waals surface area contributed by atoms with Crippen LogP contribution in [-0.4, -0.2) is 55.9 Å². The van der Waals surface area contributed by atoms with Gasteiger partial charge in [-0.3, -0.25) is 9.59 Å². The van der Waals surface area contributed by atoms with Crippen LogP contribution < -0.4 is 0 Å². The van der Waals surface area contributed by atoms with Crippen molar-refractivity contribution in [2.45, 2.75) is 89.6 Å². The van der Waals surface area contributed by atoms with Gasteiger partial charge in [-0.05, 0) is 32.1 Å². The number of aliphatic hydroxyl groups is 1. The third kappa shape index (κ3) is 7.33. The summed E-state index contributed by atoms with van der Waals surface area (Å²) in [4.78, 5) is 22.7. The molecule has 1 aliphatic heterocycles. The molecule has 1 heterocycles. The smallest absolute Gasteiger partial charge is 0.305 e. The number of unbranched alkanes of at least 4 members (excludes halogenated alkanes) is 3. The Morgan fingerprint density at radius 2 is 1.86 bits per heavy atom. The highest BCUT2D eigenvalue weighted by atomic mass is 16.7. The van der Waals surface area contributed by atoms with Gasteiger partial charge >= 0.3 is 11.9 Å². The van der Waals surface area contributed by atoms with Gasteiger partial charge in [-0.25, -0.2) is 0 Å². The molecule has 7 nitrogen and oxygen atoms in total. The standard InChI is InChI=1S/C21H36O7/c1-15(23)27-18-13-19(28-21-11-7-8-12-26-21)17(14-22)16(18)9-5-3-4-6-10-20(24)25-2/h16-19,21-22H,3-14H2,1-2H3/t16?,17-,18+,19-,21?/m1/s1. The summed E-state index contributed by atoms with van der Waals surface area (Å²) in [5, 5.41) is 10.0. The number of hydrogen-bond donors (Lipinski definition) is 1. The Morgan fingerprint density at radius 1 is 1.07 bits per heavy atom. The molecule has 2 rings (SSSR count). The summed E-state index contributed by atoms with van der Waals surface area (Å²) < 4.78 is 22.1. The van der Waals surface area contributed by atoms with Crippen molar-refractivity contribution in [1.82, 2.24) is 0 Å². The maximum absolute atomic E-state index is 11.6. The van der Waals surface area contributed by atoms with Crippen LogP contribution in [0.5, 0.6) is 0 Å². The topological polar surface area (TPSA) is 91.3 Å². The van der Waals surface area contributed by atoms with Crippen molar-refractivity contribution < 1.29 is 33.6 Å². The molecular weight excluding hydrogens is 364 g/mol. The van der Waals surface area contributed by atoms with E-state index in [1.165, 1.54) is 14.0 Å². The highest BCUT2D eigenvalue weighted by Gasteiger charge is 2.45. The molecule has 2 aliphatic rings. The van der Waals surface area contributed by atoms with Gasteiger partial charge in [0, 0.05) is 44.8 Å². The molecule has 0 amide bonds. The molecule has 1 saturated carbocycles. The van der Waals surface area contributed by atoms with Crippen LogP contribution in [0.2, 0.25) is 0 Å². The number of aliphatic hydroxyl groups excluding tert-OH is 1. The van der Waals surface area contributed by atoms with Crippen LogP contribution in [0.15, 0.2) is 0 Å². The van der Waals surface area contributed by atoms with Crippen molar-refractivity contribution in [3.8, 4) is 0 Å². The van der Waals surface area contributed by atoms with Gasteiger partial charge in [0.05, 0.1) is 13.2 Å². The second-order valence-corrected chi connectivity index (χ2v) is 7.89. The van der Waals surface area contributed by atoms with Gasteiger partial charge in [-0.15, -0.1) is 0 Å². The lowest BCUT2D eigenvalue weighted by molar-refractivity contribution is -0.198. The van der Waals surface area contributed by atoms with Crippen LogP contribution in [0.4, 0.5) is 0 Å². The molecule has 1 N–H and O–H groups in total. The Hall–Kier alpha value is -1.18. The van der Waals surface area contributed by atoms with E-state index in [1.807, 2.05) is 0 Å². The van der Waals surface area contributed by atoms with Crippen LogP contribution in [0, 0.1) is 11.8 Å². The molecule has 1 aliphatic carbocycles. The maximum atomic E-state index is 11.6. The largest absolute Gasteiger partial charge is 0.469 e. The Labute approximate surface area is 168 Å². The van der Waals surface area contributed by atoms with Gasteiger partial charge in [0.15, 0.2) is 6.29 Å². The first-order valence-corrected chi connectivity index (χ1v) is 10.7. The molecule has 0 radical (unpaired) electrons. The number of carbonyl (C=O) groups is 2. The van der Waals surface area contributed by atoms with Crippen molar-refractivity contribution in [3.05, 3.63) is 0 Å². The van der Waals surface area contributed by atoms with Crippen molar-refractivity contribution in [2.75, 3.05) is 20.3 Å². The summed E-state index contributed by atoms with van der Waals surface area (Å²) in [5.41, 5.74) is 0. The van der Waals surface area contributed by atoms with Gasteiger partial charge in [0.1, 0.15) is 6.10 Å². The zero-order valence-electron chi connectivity index (χ0n) is 17.3. The summed E-state index contributed by atoms with van der Waals surface area (Å²) >= 11 is 0. The van der Waals surface area contributed by atoms with E-state index in [1.54, 1.807) is 0 Å². The van der Waals surface area contributed by atoms with Crippen LogP contribution in [-0.2, 0) is 28.5 Å². The Morgan fingerprint density at radius 3 is 2.50 bits per heavy atom. The van der Waals surface area contributed by atoms with Crippen LogP contribution in [0.1, 0.15) is 71.1 Å². The molecule has 28 heavy (non-hydrogen) atoms. The van der Waals surface area contributed by atoms with E-state index in [-0.39, 0.29) is 48.9 Å². The summed E-state index contributed by atoms with van der Waals surface area (Å²) in [7, 11) is 1.41. The number of ether oxygens (including phenoxy) is 4. The molecule has 1 saturated heterocycles. The van der Waals surface area contributed by atoms with Crippen molar-refractivity contribution in [1.29, 1.82) is 0 Å². The molecule has 0 spiro atoms. The molecule has 7 heteroatoms. The van der Waals surface area contributed by atoms with Crippen LogP contribution in [0.3, 0.4) is 0 Å².